The minimum atomic E-state index is -0.217. The molecule has 0 aliphatic carbocycles. The molecule has 1 N–H and O–H groups in total. The molecule has 1 aromatic rings. The predicted molar refractivity (Wildman–Crippen MR) is 92.4 cm³/mol. The SMILES string of the molecule is Cc1ccc(C[C@@H]2CN[C@H](C(=O)N3CCC[C@H]3C#N)C2)cc1.Cl. The lowest BCUT2D eigenvalue weighted by molar-refractivity contribution is -0.133. The zero-order chi connectivity index (χ0) is 15.5. The first-order valence-electron chi connectivity index (χ1n) is 8.16. The van der Waals surface area contributed by atoms with Gasteiger partial charge >= 0.3 is 0 Å². The average Bonchev–Trinajstić information content (AvgIpc) is 3.17. The fourth-order valence-electron chi connectivity index (χ4n) is 3.57. The van der Waals surface area contributed by atoms with E-state index in [1.165, 1.54) is 11.1 Å². The molecule has 2 aliphatic rings. The topological polar surface area (TPSA) is 56.1 Å². The van der Waals surface area contributed by atoms with E-state index in [0.717, 1.165) is 38.8 Å². The first kappa shape index (κ1) is 17.8. The number of hydrogen-bond donors (Lipinski definition) is 1. The summed E-state index contributed by atoms with van der Waals surface area (Å²) in [4.78, 5) is 14.3. The van der Waals surface area contributed by atoms with Crippen molar-refractivity contribution in [2.45, 2.75) is 44.7 Å². The normalized spacial score (nSPS) is 26.6. The molecule has 4 nitrogen and oxygen atoms in total. The van der Waals surface area contributed by atoms with Crippen molar-refractivity contribution in [3.63, 3.8) is 0 Å². The maximum atomic E-state index is 12.6. The smallest absolute Gasteiger partial charge is 0.240 e. The highest BCUT2D eigenvalue weighted by Gasteiger charge is 2.36. The molecule has 124 valence electrons. The Morgan fingerprint density at radius 1 is 1.39 bits per heavy atom. The van der Waals surface area contributed by atoms with Crippen molar-refractivity contribution >= 4 is 18.3 Å². The van der Waals surface area contributed by atoms with E-state index in [4.69, 9.17) is 5.26 Å². The zero-order valence-electron chi connectivity index (χ0n) is 13.5. The number of nitrogens with zero attached hydrogens (tertiary/aromatic N) is 2. The van der Waals surface area contributed by atoms with Crippen LogP contribution in [0.2, 0.25) is 0 Å². The van der Waals surface area contributed by atoms with Crippen LogP contribution in [0.5, 0.6) is 0 Å². The number of likely N-dealkylation sites (tertiary alicyclic amines) is 1. The Kier molecular flexibility index (Phi) is 6.04. The van der Waals surface area contributed by atoms with Crippen LogP contribution in [-0.4, -0.2) is 36.0 Å². The number of hydrogen-bond acceptors (Lipinski definition) is 3. The Bertz CT molecular complexity index is 581. The molecule has 2 fully saturated rings. The summed E-state index contributed by atoms with van der Waals surface area (Å²) in [5, 5.41) is 12.5. The number of nitriles is 1. The van der Waals surface area contributed by atoms with E-state index in [9.17, 15) is 4.79 Å². The third kappa shape index (κ3) is 4.04. The van der Waals surface area contributed by atoms with Gasteiger partial charge in [-0.15, -0.1) is 12.4 Å². The lowest BCUT2D eigenvalue weighted by Crippen LogP contribution is -2.45. The Hall–Kier alpha value is -1.57. The summed E-state index contributed by atoms with van der Waals surface area (Å²) in [5.41, 5.74) is 2.61. The molecule has 23 heavy (non-hydrogen) atoms. The van der Waals surface area contributed by atoms with Gasteiger partial charge in [0.2, 0.25) is 5.91 Å². The van der Waals surface area contributed by atoms with Crippen molar-refractivity contribution < 1.29 is 4.79 Å². The highest BCUT2D eigenvalue weighted by atomic mass is 35.5. The molecule has 0 saturated carbocycles. The van der Waals surface area contributed by atoms with Crippen LogP contribution in [0.1, 0.15) is 30.4 Å². The van der Waals surface area contributed by atoms with Crippen molar-refractivity contribution in [2.75, 3.05) is 13.1 Å². The van der Waals surface area contributed by atoms with Crippen LogP contribution in [0, 0.1) is 24.2 Å². The summed E-state index contributed by atoms with van der Waals surface area (Å²) in [5.74, 6) is 0.621. The molecular weight excluding hydrogens is 310 g/mol. The van der Waals surface area contributed by atoms with Crippen LogP contribution in [0.3, 0.4) is 0 Å². The molecular formula is C18H24ClN3O. The van der Waals surface area contributed by atoms with Crippen LogP contribution in [0.4, 0.5) is 0 Å². The van der Waals surface area contributed by atoms with Gasteiger partial charge in [-0.05, 0) is 50.6 Å². The number of benzene rings is 1. The van der Waals surface area contributed by atoms with Crippen LogP contribution in [-0.2, 0) is 11.2 Å². The number of rotatable bonds is 3. The standard InChI is InChI=1S/C18H23N3O.ClH/c1-13-4-6-14(7-5-13)9-15-10-17(20-12-15)18(22)21-8-2-3-16(21)11-19;/h4-7,15-17,20H,2-3,8-10,12H2,1H3;1H/t15-,16-,17-;/m0./s1. The lowest BCUT2D eigenvalue weighted by atomic mass is 9.96. The average molecular weight is 334 g/mol. The number of halogens is 1. The molecule has 0 spiro atoms. The van der Waals surface area contributed by atoms with Gasteiger partial charge in [0.1, 0.15) is 6.04 Å². The van der Waals surface area contributed by atoms with Crippen molar-refractivity contribution in [3.8, 4) is 6.07 Å². The van der Waals surface area contributed by atoms with Crippen LogP contribution < -0.4 is 5.32 Å². The van der Waals surface area contributed by atoms with E-state index in [1.54, 1.807) is 4.90 Å². The van der Waals surface area contributed by atoms with E-state index >= 15 is 0 Å². The summed E-state index contributed by atoms with van der Waals surface area (Å²) in [6, 6.07) is 10.6. The highest BCUT2D eigenvalue weighted by molar-refractivity contribution is 5.85. The second-order valence-electron chi connectivity index (χ2n) is 6.57. The maximum Gasteiger partial charge on any atom is 0.240 e. The fraction of sp³-hybridized carbons (Fsp3) is 0.556. The van der Waals surface area contributed by atoms with E-state index in [1.807, 2.05) is 0 Å². The van der Waals surface area contributed by atoms with E-state index in [2.05, 4.69) is 42.6 Å². The second kappa shape index (κ2) is 7.81. The third-order valence-corrected chi connectivity index (χ3v) is 4.85. The quantitative estimate of drug-likeness (QED) is 0.924. The van der Waals surface area contributed by atoms with Gasteiger partial charge in [-0.3, -0.25) is 4.79 Å². The molecule has 1 amide bonds. The Balaban J connectivity index is 0.00000192. The summed E-state index contributed by atoms with van der Waals surface area (Å²) in [7, 11) is 0. The van der Waals surface area contributed by atoms with Crippen molar-refractivity contribution in [1.82, 2.24) is 10.2 Å². The summed E-state index contributed by atoms with van der Waals surface area (Å²) < 4.78 is 0. The van der Waals surface area contributed by atoms with E-state index < -0.39 is 0 Å². The molecule has 0 aromatic heterocycles. The fourth-order valence-corrected chi connectivity index (χ4v) is 3.57. The van der Waals surface area contributed by atoms with Crippen LogP contribution in [0.25, 0.3) is 0 Å². The van der Waals surface area contributed by atoms with Crippen LogP contribution in [0.15, 0.2) is 24.3 Å². The molecule has 3 atom stereocenters. The minimum absolute atomic E-state index is 0. The van der Waals surface area contributed by atoms with Gasteiger partial charge in [-0.2, -0.15) is 5.26 Å². The van der Waals surface area contributed by atoms with Crippen molar-refractivity contribution in [1.29, 1.82) is 5.26 Å². The molecule has 2 aliphatic heterocycles. The highest BCUT2D eigenvalue weighted by Crippen LogP contribution is 2.24. The number of nitrogens with one attached hydrogen (secondary N) is 1. The molecule has 0 bridgehead atoms. The van der Waals surface area contributed by atoms with E-state index in [-0.39, 0.29) is 30.4 Å². The minimum Gasteiger partial charge on any atom is -0.325 e. The summed E-state index contributed by atoms with van der Waals surface area (Å²) in [6.45, 7) is 3.71. The second-order valence-corrected chi connectivity index (χ2v) is 6.57. The first-order valence-corrected chi connectivity index (χ1v) is 8.16. The molecule has 3 rings (SSSR count). The summed E-state index contributed by atoms with van der Waals surface area (Å²) >= 11 is 0. The molecule has 2 heterocycles. The number of carbonyl (C=O) groups excluding carboxylic acids is 1. The number of aryl methyl sites for hydroxylation is 1. The van der Waals surface area contributed by atoms with Gasteiger partial charge in [-0.1, -0.05) is 29.8 Å². The van der Waals surface area contributed by atoms with Crippen molar-refractivity contribution in [2.24, 2.45) is 5.92 Å². The van der Waals surface area contributed by atoms with E-state index in [0.29, 0.717) is 5.92 Å². The molecule has 0 unspecified atom stereocenters. The molecule has 2 saturated heterocycles. The van der Waals surface area contributed by atoms with Gasteiger partial charge in [0, 0.05) is 6.54 Å². The van der Waals surface area contributed by atoms with Gasteiger partial charge in [0.05, 0.1) is 12.1 Å². The summed E-state index contributed by atoms with van der Waals surface area (Å²) in [6.07, 6.45) is 3.66. The van der Waals surface area contributed by atoms with Gasteiger partial charge in [0.15, 0.2) is 0 Å². The van der Waals surface area contributed by atoms with Crippen LogP contribution >= 0.6 is 12.4 Å². The molecule has 1 aromatic carbocycles. The Morgan fingerprint density at radius 3 is 2.83 bits per heavy atom. The van der Waals surface area contributed by atoms with Gasteiger partial charge in [-0.25, -0.2) is 0 Å². The molecule has 5 heteroatoms. The maximum absolute atomic E-state index is 12.6. The molecule has 0 radical (unpaired) electrons. The number of amides is 1. The van der Waals surface area contributed by atoms with Gasteiger partial charge in [0.25, 0.3) is 0 Å². The predicted octanol–water partition coefficient (Wildman–Crippen LogP) is 2.45. The largest absolute Gasteiger partial charge is 0.325 e. The Labute approximate surface area is 144 Å². The third-order valence-electron chi connectivity index (χ3n) is 4.85. The lowest BCUT2D eigenvalue weighted by Gasteiger charge is -2.23. The monoisotopic (exact) mass is 333 g/mol. The number of carbonyl (C=O) groups is 1. The first-order chi connectivity index (χ1) is 10.7. The van der Waals surface area contributed by atoms with Gasteiger partial charge < -0.3 is 10.2 Å². The zero-order valence-corrected chi connectivity index (χ0v) is 14.3. The van der Waals surface area contributed by atoms with Crippen molar-refractivity contribution in [3.05, 3.63) is 35.4 Å². The Morgan fingerprint density at radius 2 is 2.13 bits per heavy atom.